The highest BCUT2D eigenvalue weighted by atomic mass is 16.3. The number of aromatic nitrogens is 3. The number of rotatable bonds is 5. The lowest BCUT2D eigenvalue weighted by atomic mass is 9.95. The van der Waals surface area contributed by atoms with Crippen LogP contribution in [-0.2, 0) is 0 Å². The number of fused-ring (bicyclic) bond motifs is 5. The first-order valence-electron chi connectivity index (χ1n) is 17.1. The maximum atomic E-state index is 6.68. The summed E-state index contributed by atoms with van der Waals surface area (Å²) >= 11 is 0. The van der Waals surface area contributed by atoms with E-state index in [1.807, 2.05) is 48.5 Å². The molecule has 2 heterocycles. The van der Waals surface area contributed by atoms with Gasteiger partial charge in [-0.25, -0.2) is 15.0 Å². The van der Waals surface area contributed by atoms with Crippen LogP contribution in [0.2, 0.25) is 0 Å². The van der Waals surface area contributed by atoms with Gasteiger partial charge in [0.05, 0.1) is 0 Å². The predicted molar refractivity (Wildman–Crippen MR) is 209 cm³/mol. The molecule has 10 rings (SSSR count). The minimum Gasteiger partial charge on any atom is -0.455 e. The minimum absolute atomic E-state index is 0.603. The third kappa shape index (κ3) is 5.04. The van der Waals surface area contributed by atoms with E-state index in [1.165, 1.54) is 0 Å². The Morgan fingerprint density at radius 2 is 0.882 bits per heavy atom. The minimum atomic E-state index is 0.603. The van der Waals surface area contributed by atoms with Gasteiger partial charge < -0.3 is 4.42 Å². The lowest BCUT2D eigenvalue weighted by Gasteiger charge is -2.14. The Morgan fingerprint density at radius 3 is 1.59 bits per heavy atom. The Hall–Kier alpha value is -6.91. The highest BCUT2D eigenvalue weighted by molar-refractivity contribution is 6.18. The van der Waals surface area contributed by atoms with Crippen LogP contribution in [0.25, 0.3) is 99.9 Å². The number of furan rings is 1. The first-order valence-corrected chi connectivity index (χ1v) is 17.1. The van der Waals surface area contributed by atoms with Crippen LogP contribution in [0.15, 0.2) is 180 Å². The Bertz CT molecular complexity index is 2900. The van der Waals surface area contributed by atoms with Gasteiger partial charge in [0.2, 0.25) is 0 Å². The van der Waals surface area contributed by atoms with Crippen molar-refractivity contribution in [2.24, 2.45) is 0 Å². The van der Waals surface area contributed by atoms with Crippen LogP contribution in [0.3, 0.4) is 0 Å². The first-order chi connectivity index (χ1) is 25.3. The van der Waals surface area contributed by atoms with Gasteiger partial charge >= 0.3 is 0 Å². The third-order valence-electron chi connectivity index (χ3n) is 9.68. The number of hydrogen-bond acceptors (Lipinski definition) is 4. The quantitative estimate of drug-likeness (QED) is 0.186. The molecule has 0 bridgehead atoms. The van der Waals surface area contributed by atoms with Gasteiger partial charge in [-0.3, -0.25) is 0 Å². The number of benzene rings is 8. The molecule has 2 aromatic heterocycles. The molecule has 0 fully saturated rings. The van der Waals surface area contributed by atoms with Crippen molar-refractivity contribution in [1.82, 2.24) is 15.0 Å². The molecule has 0 radical (unpaired) electrons. The molecule has 0 saturated heterocycles. The molecule has 0 amide bonds. The van der Waals surface area contributed by atoms with Crippen molar-refractivity contribution >= 4 is 43.5 Å². The van der Waals surface area contributed by atoms with E-state index in [4.69, 9.17) is 19.4 Å². The smallest absolute Gasteiger partial charge is 0.164 e. The molecule has 0 spiro atoms. The average molecular weight is 652 g/mol. The summed E-state index contributed by atoms with van der Waals surface area (Å²) in [5.41, 5.74) is 8.86. The molecule has 0 aliphatic rings. The van der Waals surface area contributed by atoms with Crippen molar-refractivity contribution in [2.75, 3.05) is 0 Å². The summed E-state index contributed by atoms with van der Waals surface area (Å²) in [4.78, 5) is 15.5. The second kappa shape index (κ2) is 11.9. The van der Waals surface area contributed by atoms with Gasteiger partial charge in [-0.1, -0.05) is 140 Å². The van der Waals surface area contributed by atoms with E-state index in [9.17, 15) is 0 Å². The molecule has 4 heteroatoms. The van der Waals surface area contributed by atoms with Crippen molar-refractivity contribution in [1.29, 1.82) is 0 Å². The largest absolute Gasteiger partial charge is 0.455 e. The molecule has 4 nitrogen and oxygen atoms in total. The molecule has 0 aliphatic heterocycles. The van der Waals surface area contributed by atoms with Crippen LogP contribution in [0.1, 0.15) is 0 Å². The summed E-state index contributed by atoms with van der Waals surface area (Å²) in [6, 6.07) is 61.0. The van der Waals surface area contributed by atoms with E-state index >= 15 is 0 Å². The molecular weight excluding hydrogens is 623 g/mol. The summed E-state index contributed by atoms with van der Waals surface area (Å²) in [5.74, 6) is 1.85. The molecule has 0 saturated carbocycles. The topological polar surface area (TPSA) is 51.8 Å². The molecule has 0 unspecified atom stereocenters. The van der Waals surface area contributed by atoms with Crippen LogP contribution in [0.5, 0.6) is 0 Å². The van der Waals surface area contributed by atoms with Gasteiger partial charge in [0, 0.05) is 33.0 Å². The highest BCUT2D eigenvalue weighted by Crippen LogP contribution is 2.42. The highest BCUT2D eigenvalue weighted by Gasteiger charge is 2.20. The maximum absolute atomic E-state index is 6.68. The molecule has 0 aliphatic carbocycles. The second-order valence-electron chi connectivity index (χ2n) is 12.8. The zero-order valence-electron chi connectivity index (χ0n) is 27.5. The standard InChI is InChI=1S/C47H29N3O/c1-4-14-30(15-5-1)38-26-33-20-10-11-21-34(33)27-41(38)47-49-45(32-18-8-3-9-19-32)48-46(50-47)36-24-25-42-39(29-36)40-28-35-22-12-13-23-37(35)43(44(40)51-42)31-16-6-2-7-17-31/h1-29H. The molecular formula is C47H29N3O. The second-order valence-corrected chi connectivity index (χ2v) is 12.8. The fourth-order valence-corrected chi connectivity index (χ4v) is 7.23. The molecule has 0 N–H and O–H groups in total. The maximum Gasteiger partial charge on any atom is 0.164 e. The monoisotopic (exact) mass is 651 g/mol. The number of nitrogens with zero attached hydrogens (tertiary/aromatic N) is 3. The summed E-state index contributed by atoms with van der Waals surface area (Å²) in [5, 5.41) is 6.69. The SMILES string of the molecule is c1ccc(-c2nc(-c3ccc4oc5c(-c6ccccc6)c6ccccc6cc5c4c3)nc(-c3cc4ccccc4cc3-c3ccccc3)n2)cc1. The van der Waals surface area contributed by atoms with Crippen LogP contribution in [0, 0.1) is 0 Å². The number of hydrogen-bond donors (Lipinski definition) is 0. The lowest BCUT2D eigenvalue weighted by Crippen LogP contribution is -2.01. The fraction of sp³-hybridized carbons (Fsp3) is 0. The van der Waals surface area contributed by atoms with Crippen molar-refractivity contribution in [3.63, 3.8) is 0 Å². The Morgan fingerprint density at radius 1 is 0.333 bits per heavy atom. The van der Waals surface area contributed by atoms with E-state index in [2.05, 4.69) is 127 Å². The van der Waals surface area contributed by atoms with E-state index < -0.39 is 0 Å². The normalized spacial score (nSPS) is 11.5. The van der Waals surface area contributed by atoms with Crippen LogP contribution in [0.4, 0.5) is 0 Å². The fourth-order valence-electron chi connectivity index (χ4n) is 7.23. The lowest BCUT2D eigenvalue weighted by molar-refractivity contribution is 0.670. The summed E-state index contributed by atoms with van der Waals surface area (Å²) in [7, 11) is 0. The van der Waals surface area contributed by atoms with Crippen molar-refractivity contribution in [3.05, 3.63) is 176 Å². The van der Waals surface area contributed by atoms with Gasteiger partial charge in [0.1, 0.15) is 11.2 Å². The van der Waals surface area contributed by atoms with Gasteiger partial charge in [-0.15, -0.1) is 0 Å². The Labute approximate surface area is 294 Å². The summed E-state index contributed by atoms with van der Waals surface area (Å²) < 4.78 is 6.68. The van der Waals surface area contributed by atoms with E-state index in [0.717, 1.165) is 82.4 Å². The van der Waals surface area contributed by atoms with E-state index in [-0.39, 0.29) is 0 Å². The zero-order chi connectivity index (χ0) is 33.7. The van der Waals surface area contributed by atoms with Gasteiger partial charge in [-0.2, -0.15) is 0 Å². The van der Waals surface area contributed by atoms with Gasteiger partial charge in [-0.05, 0) is 74.6 Å². The molecule has 51 heavy (non-hydrogen) atoms. The Balaban J connectivity index is 1.22. The van der Waals surface area contributed by atoms with Crippen LogP contribution >= 0.6 is 0 Å². The Kier molecular flexibility index (Phi) is 6.78. The predicted octanol–water partition coefficient (Wildman–Crippen LogP) is 12.4. The molecule has 8 aromatic carbocycles. The van der Waals surface area contributed by atoms with Crippen molar-refractivity contribution in [2.45, 2.75) is 0 Å². The van der Waals surface area contributed by atoms with Crippen LogP contribution < -0.4 is 0 Å². The first kappa shape index (κ1) is 29.0. The van der Waals surface area contributed by atoms with Crippen molar-refractivity contribution < 1.29 is 4.42 Å². The summed E-state index contributed by atoms with van der Waals surface area (Å²) in [6.07, 6.45) is 0. The molecule has 238 valence electrons. The zero-order valence-corrected chi connectivity index (χ0v) is 27.5. The van der Waals surface area contributed by atoms with E-state index in [1.54, 1.807) is 0 Å². The van der Waals surface area contributed by atoms with Crippen LogP contribution in [-0.4, -0.2) is 15.0 Å². The average Bonchev–Trinajstić information content (AvgIpc) is 3.57. The third-order valence-corrected chi connectivity index (χ3v) is 9.68. The molecule has 0 atom stereocenters. The van der Waals surface area contributed by atoms with Gasteiger partial charge in [0.25, 0.3) is 0 Å². The van der Waals surface area contributed by atoms with Gasteiger partial charge in [0.15, 0.2) is 17.5 Å². The molecule has 10 aromatic rings. The summed E-state index contributed by atoms with van der Waals surface area (Å²) in [6.45, 7) is 0. The van der Waals surface area contributed by atoms with E-state index in [0.29, 0.717) is 17.5 Å². The van der Waals surface area contributed by atoms with Crippen molar-refractivity contribution in [3.8, 4) is 56.4 Å².